The van der Waals surface area contributed by atoms with E-state index in [0.29, 0.717) is 22.6 Å². The molecule has 4 N–H and O–H groups in total. The van der Waals surface area contributed by atoms with E-state index in [2.05, 4.69) is 21.2 Å². The van der Waals surface area contributed by atoms with E-state index in [9.17, 15) is 14.7 Å². The SMILES string of the molecule is NCC1CCC(C(=O)Nc2ccc(Br)cc2C(=O)O)CC1. The van der Waals surface area contributed by atoms with Crippen LogP contribution in [0.4, 0.5) is 5.69 Å². The van der Waals surface area contributed by atoms with E-state index >= 15 is 0 Å². The zero-order chi connectivity index (χ0) is 15.4. The maximum Gasteiger partial charge on any atom is 0.337 e. The van der Waals surface area contributed by atoms with Gasteiger partial charge in [-0.05, 0) is 56.3 Å². The summed E-state index contributed by atoms with van der Waals surface area (Å²) in [4.78, 5) is 23.5. The number of nitrogens with one attached hydrogen (secondary N) is 1. The first-order chi connectivity index (χ1) is 10.0. The van der Waals surface area contributed by atoms with E-state index in [-0.39, 0.29) is 17.4 Å². The summed E-state index contributed by atoms with van der Waals surface area (Å²) in [6, 6.07) is 4.81. The maximum atomic E-state index is 12.3. The Morgan fingerprint density at radius 3 is 2.52 bits per heavy atom. The van der Waals surface area contributed by atoms with Crippen LogP contribution in [0.15, 0.2) is 22.7 Å². The highest BCUT2D eigenvalue weighted by Gasteiger charge is 2.26. The molecule has 0 saturated heterocycles. The number of halogens is 1. The topological polar surface area (TPSA) is 92.4 Å². The van der Waals surface area contributed by atoms with Crippen LogP contribution in [0.3, 0.4) is 0 Å². The molecule has 1 aliphatic rings. The molecule has 0 spiro atoms. The average molecular weight is 355 g/mol. The normalized spacial score (nSPS) is 21.8. The van der Waals surface area contributed by atoms with Gasteiger partial charge in [0.05, 0.1) is 11.3 Å². The van der Waals surface area contributed by atoms with Crippen LogP contribution in [0.2, 0.25) is 0 Å². The number of hydrogen-bond donors (Lipinski definition) is 3. The molecule has 114 valence electrons. The summed E-state index contributed by atoms with van der Waals surface area (Å²) in [5.41, 5.74) is 6.08. The van der Waals surface area contributed by atoms with Crippen LogP contribution in [0.25, 0.3) is 0 Å². The Kier molecular flexibility index (Phi) is 5.36. The van der Waals surface area contributed by atoms with E-state index in [0.717, 1.165) is 25.7 Å². The summed E-state index contributed by atoms with van der Waals surface area (Å²) in [5.74, 6) is -0.705. The number of aromatic carboxylic acids is 1. The predicted molar refractivity (Wildman–Crippen MR) is 84.2 cm³/mol. The lowest BCUT2D eigenvalue weighted by Crippen LogP contribution is -2.29. The van der Waals surface area contributed by atoms with E-state index in [1.54, 1.807) is 12.1 Å². The Morgan fingerprint density at radius 1 is 1.29 bits per heavy atom. The highest BCUT2D eigenvalue weighted by molar-refractivity contribution is 9.10. The Balaban J connectivity index is 2.05. The molecule has 1 aliphatic carbocycles. The van der Waals surface area contributed by atoms with Gasteiger partial charge in [-0.3, -0.25) is 4.79 Å². The maximum absolute atomic E-state index is 12.3. The van der Waals surface area contributed by atoms with Crippen molar-refractivity contribution in [3.05, 3.63) is 28.2 Å². The molecule has 1 aromatic carbocycles. The second-order valence-electron chi connectivity index (χ2n) is 5.44. The van der Waals surface area contributed by atoms with Crippen LogP contribution in [0, 0.1) is 11.8 Å². The molecule has 1 saturated carbocycles. The van der Waals surface area contributed by atoms with Gasteiger partial charge < -0.3 is 16.2 Å². The summed E-state index contributed by atoms with van der Waals surface area (Å²) >= 11 is 3.23. The fourth-order valence-electron chi connectivity index (χ4n) is 2.70. The monoisotopic (exact) mass is 354 g/mol. The van der Waals surface area contributed by atoms with Gasteiger partial charge in [0.1, 0.15) is 0 Å². The number of carbonyl (C=O) groups excluding carboxylic acids is 1. The largest absolute Gasteiger partial charge is 0.478 e. The molecule has 5 nitrogen and oxygen atoms in total. The Bertz CT molecular complexity index is 540. The summed E-state index contributed by atoms with van der Waals surface area (Å²) < 4.78 is 0.668. The number of carboxylic acids is 1. The van der Waals surface area contributed by atoms with Gasteiger partial charge in [0.2, 0.25) is 5.91 Å². The molecule has 0 aliphatic heterocycles. The fourth-order valence-corrected chi connectivity index (χ4v) is 3.06. The fraction of sp³-hybridized carbons (Fsp3) is 0.467. The van der Waals surface area contributed by atoms with Crippen molar-refractivity contribution in [2.45, 2.75) is 25.7 Å². The molecule has 0 heterocycles. The zero-order valence-electron chi connectivity index (χ0n) is 11.6. The van der Waals surface area contributed by atoms with Crippen molar-refractivity contribution in [2.24, 2.45) is 17.6 Å². The molecule has 21 heavy (non-hydrogen) atoms. The molecule has 0 radical (unpaired) electrons. The van der Waals surface area contributed by atoms with E-state index in [1.165, 1.54) is 6.07 Å². The minimum Gasteiger partial charge on any atom is -0.478 e. The number of nitrogens with two attached hydrogens (primary N) is 1. The number of rotatable bonds is 4. The summed E-state index contributed by atoms with van der Waals surface area (Å²) in [6.45, 7) is 0.671. The Morgan fingerprint density at radius 2 is 1.95 bits per heavy atom. The molecule has 0 unspecified atom stereocenters. The standard InChI is InChI=1S/C15H19BrN2O3/c16-11-5-6-13(12(7-11)15(20)21)18-14(19)10-3-1-9(8-17)2-4-10/h5-7,9-10H,1-4,8,17H2,(H,18,19)(H,20,21). The van der Waals surface area contributed by atoms with Crippen molar-refractivity contribution in [1.82, 2.24) is 0 Å². The second-order valence-corrected chi connectivity index (χ2v) is 6.35. The van der Waals surface area contributed by atoms with Gasteiger partial charge in [-0.1, -0.05) is 15.9 Å². The van der Waals surface area contributed by atoms with E-state index in [1.807, 2.05) is 0 Å². The van der Waals surface area contributed by atoms with Gasteiger partial charge in [0.15, 0.2) is 0 Å². The molecule has 1 aromatic rings. The molecule has 0 bridgehead atoms. The van der Waals surface area contributed by atoms with Crippen LogP contribution >= 0.6 is 15.9 Å². The van der Waals surface area contributed by atoms with Crippen molar-refractivity contribution in [3.8, 4) is 0 Å². The number of carbonyl (C=O) groups is 2. The number of amides is 1. The lowest BCUT2D eigenvalue weighted by Gasteiger charge is -2.26. The third-order valence-corrected chi connectivity index (χ3v) is 4.51. The third kappa shape index (κ3) is 4.04. The molecule has 0 atom stereocenters. The van der Waals surface area contributed by atoms with Crippen LogP contribution in [0.1, 0.15) is 36.0 Å². The Hall–Kier alpha value is -1.40. The summed E-state index contributed by atoms with van der Waals surface area (Å²) in [7, 11) is 0. The lowest BCUT2D eigenvalue weighted by molar-refractivity contribution is -0.121. The minimum absolute atomic E-state index is 0.0573. The van der Waals surface area contributed by atoms with Gasteiger partial charge in [-0.25, -0.2) is 4.79 Å². The highest BCUT2D eigenvalue weighted by atomic mass is 79.9. The smallest absolute Gasteiger partial charge is 0.337 e. The van der Waals surface area contributed by atoms with Crippen molar-refractivity contribution in [3.63, 3.8) is 0 Å². The number of carboxylic acid groups (broad SMARTS) is 1. The van der Waals surface area contributed by atoms with Gasteiger partial charge >= 0.3 is 5.97 Å². The first-order valence-corrected chi connectivity index (χ1v) is 7.84. The molecule has 2 rings (SSSR count). The quantitative estimate of drug-likeness (QED) is 0.774. The molecular formula is C15H19BrN2O3. The van der Waals surface area contributed by atoms with Crippen molar-refractivity contribution >= 4 is 33.5 Å². The number of benzene rings is 1. The Labute approximate surface area is 132 Å². The first-order valence-electron chi connectivity index (χ1n) is 7.05. The second kappa shape index (κ2) is 7.04. The predicted octanol–water partition coefficient (Wildman–Crippen LogP) is 2.85. The zero-order valence-corrected chi connectivity index (χ0v) is 13.2. The highest BCUT2D eigenvalue weighted by Crippen LogP contribution is 2.30. The van der Waals surface area contributed by atoms with Gasteiger partial charge in [-0.15, -0.1) is 0 Å². The average Bonchev–Trinajstić information content (AvgIpc) is 2.49. The lowest BCUT2D eigenvalue weighted by atomic mass is 9.81. The molecule has 6 heteroatoms. The first kappa shape index (κ1) is 16.0. The summed E-state index contributed by atoms with van der Waals surface area (Å²) in [5, 5.41) is 11.9. The molecule has 0 aromatic heterocycles. The van der Waals surface area contributed by atoms with Crippen LogP contribution in [-0.2, 0) is 4.79 Å². The van der Waals surface area contributed by atoms with Crippen LogP contribution in [-0.4, -0.2) is 23.5 Å². The molecule has 1 fully saturated rings. The van der Waals surface area contributed by atoms with Gasteiger partial charge in [0, 0.05) is 10.4 Å². The molecule has 1 amide bonds. The molecular weight excluding hydrogens is 336 g/mol. The van der Waals surface area contributed by atoms with Crippen molar-refractivity contribution in [2.75, 3.05) is 11.9 Å². The van der Waals surface area contributed by atoms with Crippen molar-refractivity contribution < 1.29 is 14.7 Å². The van der Waals surface area contributed by atoms with Gasteiger partial charge in [0.25, 0.3) is 0 Å². The summed E-state index contributed by atoms with van der Waals surface area (Å²) in [6.07, 6.45) is 3.54. The number of hydrogen-bond acceptors (Lipinski definition) is 3. The van der Waals surface area contributed by atoms with E-state index < -0.39 is 5.97 Å². The van der Waals surface area contributed by atoms with E-state index in [4.69, 9.17) is 5.73 Å². The van der Waals surface area contributed by atoms with Crippen molar-refractivity contribution in [1.29, 1.82) is 0 Å². The van der Waals surface area contributed by atoms with Crippen LogP contribution in [0.5, 0.6) is 0 Å². The van der Waals surface area contributed by atoms with Gasteiger partial charge in [-0.2, -0.15) is 0 Å². The third-order valence-electron chi connectivity index (χ3n) is 4.02. The minimum atomic E-state index is -1.06. The number of anilines is 1. The van der Waals surface area contributed by atoms with Crippen LogP contribution < -0.4 is 11.1 Å².